The van der Waals surface area contributed by atoms with Gasteiger partial charge in [-0.1, -0.05) is 38.3 Å². The van der Waals surface area contributed by atoms with Crippen molar-refractivity contribution in [2.24, 2.45) is 0 Å². The van der Waals surface area contributed by atoms with Crippen LogP contribution in [0, 0.1) is 0 Å². The Bertz CT molecular complexity index is 311. The van der Waals surface area contributed by atoms with E-state index in [-0.39, 0.29) is 0 Å². The van der Waals surface area contributed by atoms with E-state index in [1.807, 2.05) is 24.3 Å². The minimum atomic E-state index is -0.876. The van der Waals surface area contributed by atoms with E-state index in [1.165, 1.54) is 31.4 Å². The molecule has 0 saturated carbocycles. The third-order valence-electron chi connectivity index (χ3n) is 3.14. The van der Waals surface area contributed by atoms with Gasteiger partial charge in [-0.05, 0) is 30.8 Å². The minimum Gasteiger partial charge on any atom is -0.375 e. The summed E-state index contributed by atoms with van der Waals surface area (Å²) >= 11 is 0. The summed E-state index contributed by atoms with van der Waals surface area (Å²) in [5.41, 5.74) is 1.93. The monoisotopic (exact) mass is 235 g/mol. The van der Waals surface area contributed by atoms with Crippen LogP contribution < -0.4 is 10.4 Å². The van der Waals surface area contributed by atoms with Gasteiger partial charge in [0.15, 0.2) is 0 Å². The maximum atomic E-state index is 13.0. The maximum absolute atomic E-state index is 13.0. The number of rotatable bonds is 7. The molecular formula is C14H23BFN. The zero-order valence-corrected chi connectivity index (χ0v) is 11.2. The lowest BCUT2D eigenvalue weighted by molar-refractivity contribution is 0.661. The van der Waals surface area contributed by atoms with E-state index >= 15 is 0 Å². The SMILES string of the molecule is CCCCCCN(C)c1ccc(B(C)F)cc1. The first-order valence-electron chi connectivity index (χ1n) is 6.60. The molecule has 0 saturated heterocycles. The van der Waals surface area contributed by atoms with Gasteiger partial charge in [0.25, 0.3) is 0 Å². The number of benzene rings is 1. The Kier molecular flexibility index (Phi) is 6.10. The summed E-state index contributed by atoms with van der Waals surface area (Å²) in [4.78, 5) is 2.24. The van der Waals surface area contributed by atoms with E-state index in [2.05, 4.69) is 18.9 Å². The second-order valence-corrected chi connectivity index (χ2v) is 4.69. The fourth-order valence-corrected chi connectivity index (χ4v) is 1.90. The zero-order chi connectivity index (χ0) is 12.7. The second-order valence-electron chi connectivity index (χ2n) is 4.69. The third-order valence-corrected chi connectivity index (χ3v) is 3.14. The van der Waals surface area contributed by atoms with Crippen molar-refractivity contribution < 1.29 is 4.32 Å². The van der Waals surface area contributed by atoms with Gasteiger partial charge in [0, 0.05) is 19.3 Å². The molecule has 0 spiro atoms. The predicted molar refractivity (Wildman–Crippen MR) is 76.2 cm³/mol. The van der Waals surface area contributed by atoms with Crippen LogP contribution in [0.4, 0.5) is 10.0 Å². The lowest BCUT2D eigenvalue weighted by Crippen LogP contribution is -2.23. The van der Waals surface area contributed by atoms with Crippen LogP contribution in [0.25, 0.3) is 0 Å². The summed E-state index contributed by atoms with van der Waals surface area (Å²) in [6, 6.07) is 7.77. The molecule has 1 aromatic rings. The average molecular weight is 235 g/mol. The first kappa shape index (κ1) is 14.1. The highest BCUT2D eigenvalue weighted by atomic mass is 19.1. The molecule has 0 bridgehead atoms. The minimum absolute atomic E-state index is 0.758. The molecule has 0 radical (unpaired) electrons. The molecule has 0 aliphatic carbocycles. The molecule has 0 amide bonds. The van der Waals surface area contributed by atoms with E-state index < -0.39 is 6.99 Å². The molecule has 3 heteroatoms. The number of unbranched alkanes of at least 4 members (excludes halogenated alkanes) is 3. The van der Waals surface area contributed by atoms with Gasteiger partial charge in [-0.15, -0.1) is 0 Å². The van der Waals surface area contributed by atoms with E-state index in [0.29, 0.717) is 0 Å². The standard InChI is InChI=1S/C14H23BFN/c1-4-5-6-7-12-17(3)14-10-8-13(9-11-14)15(2)16/h8-11H,4-7,12H2,1-3H3. The normalized spacial score (nSPS) is 10.4. The van der Waals surface area contributed by atoms with Gasteiger partial charge in [-0.25, -0.2) is 0 Å². The van der Waals surface area contributed by atoms with Crippen molar-refractivity contribution >= 4 is 18.1 Å². The van der Waals surface area contributed by atoms with Crippen molar-refractivity contribution in [3.8, 4) is 0 Å². The predicted octanol–water partition coefficient (Wildman–Crippen LogP) is 3.50. The fourth-order valence-electron chi connectivity index (χ4n) is 1.90. The second kappa shape index (κ2) is 7.36. The molecule has 17 heavy (non-hydrogen) atoms. The van der Waals surface area contributed by atoms with Crippen LogP contribution in [0.1, 0.15) is 32.6 Å². The molecule has 94 valence electrons. The molecule has 1 rings (SSSR count). The van der Waals surface area contributed by atoms with Crippen LogP contribution in [-0.4, -0.2) is 20.6 Å². The number of anilines is 1. The molecule has 0 aliphatic heterocycles. The third kappa shape index (κ3) is 4.80. The van der Waals surface area contributed by atoms with Crippen molar-refractivity contribution in [1.82, 2.24) is 0 Å². The Morgan fingerprint density at radius 1 is 1.12 bits per heavy atom. The van der Waals surface area contributed by atoms with Crippen LogP contribution in [0.2, 0.25) is 6.82 Å². The molecule has 0 unspecified atom stereocenters. The van der Waals surface area contributed by atoms with Crippen molar-refractivity contribution in [3.05, 3.63) is 24.3 Å². The molecule has 1 aromatic carbocycles. The Balaban J connectivity index is 2.43. The van der Waals surface area contributed by atoms with E-state index in [4.69, 9.17) is 0 Å². The molecule has 0 aromatic heterocycles. The summed E-state index contributed by atoms with van der Waals surface area (Å²) in [7, 11) is 2.10. The van der Waals surface area contributed by atoms with Gasteiger partial charge in [-0.3, -0.25) is 0 Å². The molecule has 0 N–H and O–H groups in total. The zero-order valence-electron chi connectivity index (χ0n) is 11.2. The first-order chi connectivity index (χ1) is 8.15. The highest BCUT2D eigenvalue weighted by molar-refractivity contribution is 6.65. The molecule has 0 heterocycles. The summed E-state index contributed by atoms with van der Waals surface area (Å²) < 4.78 is 13.0. The Hall–Kier alpha value is -0.985. The molecular weight excluding hydrogens is 212 g/mol. The van der Waals surface area contributed by atoms with E-state index in [9.17, 15) is 4.32 Å². The summed E-state index contributed by atoms with van der Waals surface area (Å²) in [6.45, 7) is 3.99. The summed E-state index contributed by atoms with van der Waals surface area (Å²) in [5.74, 6) is 0. The lowest BCUT2D eigenvalue weighted by Gasteiger charge is -2.19. The highest BCUT2D eigenvalue weighted by Crippen LogP contribution is 2.12. The molecule has 0 fully saturated rings. The quantitative estimate of drug-likeness (QED) is 0.516. The number of hydrogen-bond donors (Lipinski definition) is 0. The van der Waals surface area contributed by atoms with Crippen molar-refractivity contribution in [3.63, 3.8) is 0 Å². The van der Waals surface area contributed by atoms with Gasteiger partial charge < -0.3 is 9.22 Å². The van der Waals surface area contributed by atoms with Gasteiger partial charge in [-0.2, -0.15) is 0 Å². The van der Waals surface area contributed by atoms with E-state index in [0.717, 1.165) is 12.0 Å². The summed E-state index contributed by atoms with van der Waals surface area (Å²) in [5, 5.41) is 0. The van der Waals surface area contributed by atoms with Crippen molar-refractivity contribution in [1.29, 1.82) is 0 Å². The smallest absolute Gasteiger partial charge is 0.375 e. The largest absolute Gasteiger partial charge is 0.377 e. The lowest BCUT2D eigenvalue weighted by atomic mass is 9.67. The molecule has 0 aliphatic rings. The molecule has 1 nitrogen and oxygen atoms in total. The van der Waals surface area contributed by atoms with Crippen LogP contribution in [0.3, 0.4) is 0 Å². The van der Waals surface area contributed by atoms with E-state index in [1.54, 1.807) is 6.82 Å². The Morgan fingerprint density at radius 3 is 2.29 bits per heavy atom. The van der Waals surface area contributed by atoms with Crippen molar-refractivity contribution in [2.75, 3.05) is 18.5 Å². The van der Waals surface area contributed by atoms with Crippen molar-refractivity contribution in [2.45, 2.75) is 39.4 Å². The Labute approximate surface area is 105 Å². The molecule has 0 atom stereocenters. The maximum Gasteiger partial charge on any atom is 0.377 e. The highest BCUT2D eigenvalue weighted by Gasteiger charge is 2.09. The van der Waals surface area contributed by atoms with Crippen LogP contribution in [0.15, 0.2) is 24.3 Å². The summed E-state index contributed by atoms with van der Waals surface area (Å²) in [6.07, 6.45) is 5.10. The Morgan fingerprint density at radius 2 is 1.76 bits per heavy atom. The van der Waals surface area contributed by atoms with Crippen LogP contribution in [0.5, 0.6) is 0 Å². The topological polar surface area (TPSA) is 3.24 Å². The van der Waals surface area contributed by atoms with Gasteiger partial charge >= 0.3 is 6.99 Å². The van der Waals surface area contributed by atoms with Gasteiger partial charge in [0.05, 0.1) is 0 Å². The van der Waals surface area contributed by atoms with Gasteiger partial charge in [0.2, 0.25) is 0 Å². The fraction of sp³-hybridized carbons (Fsp3) is 0.571. The number of hydrogen-bond acceptors (Lipinski definition) is 1. The van der Waals surface area contributed by atoms with Crippen LogP contribution >= 0.6 is 0 Å². The number of halogens is 1. The first-order valence-corrected chi connectivity index (χ1v) is 6.60. The number of nitrogens with zero attached hydrogens (tertiary/aromatic N) is 1. The van der Waals surface area contributed by atoms with Crippen LogP contribution in [-0.2, 0) is 0 Å². The average Bonchev–Trinajstić information content (AvgIpc) is 2.34. The van der Waals surface area contributed by atoms with Gasteiger partial charge in [0.1, 0.15) is 0 Å².